The Morgan fingerprint density at radius 1 is 1.00 bits per heavy atom. The fraction of sp³-hybridized carbons (Fsp3) is 0.409. The summed E-state index contributed by atoms with van der Waals surface area (Å²) in [5.74, 6) is 0.421. The van der Waals surface area contributed by atoms with Crippen molar-refractivity contribution < 1.29 is 18.8 Å². The van der Waals surface area contributed by atoms with E-state index >= 15 is 0 Å². The molecule has 0 spiro atoms. The van der Waals surface area contributed by atoms with Crippen LogP contribution in [0.3, 0.4) is 0 Å². The van der Waals surface area contributed by atoms with Crippen LogP contribution in [0.4, 0.5) is 0 Å². The lowest BCUT2D eigenvalue weighted by atomic mass is 9.78. The van der Waals surface area contributed by atoms with Gasteiger partial charge in [-0.05, 0) is 50.9 Å². The molecule has 6 heteroatoms. The third kappa shape index (κ3) is 4.08. The van der Waals surface area contributed by atoms with Gasteiger partial charge in [0.2, 0.25) is 0 Å². The highest BCUT2D eigenvalue weighted by atomic mass is 16.7. The van der Waals surface area contributed by atoms with Crippen LogP contribution >= 0.6 is 0 Å². The molecule has 5 nitrogen and oxygen atoms in total. The molecule has 0 bridgehead atoms. The Kier molecular flexibility index (Phi) is 5.55. The van der Waals surface area contributed by atoms with Crippen molar-refractivity contribution in [2.45, 2.75) is 45.5 Å². The van der Waals surface area contributed by atoms with Crippen LogP contribution in [-0.2, 0) is 15.9 Å². The lowest BCUT2D eigenvalue weighted by molar-refractivity contribution is 0.00578. The predicted molar refractivity (Wildman–Crippen MR) is 111 cm³/mol. The number of rotatable bonds is 5. The maximum Gasteiger partial charge on any atom is 0.494 e. The minimum absolute atomic E-state index is 0.124. The number of nitrogens with zero attached hydrogens (tertiary/aromatic N) is 1. The van der Waals surface area contributed by atoms with Crippen LogP contribution in [0.25, 0.3) is 0 Å². The highest BCUT2D eigenvalue weighted by Gasteiger charge is 2.51. The molecule has 0 unspecified atom stereocenters. The standard InChI is InChI=1S/C22H28BNO4/c1-21(2)22(3,4)28-23(27-21)17-12-13-19(18(14-17)20(25)24(5)6)26-15-16-10-8-7-9-11-16/h7-14H,15H2,1-6H3. The van der Waals surface area contributed by atoms with Crippen LogP contribution in [0.5, 0.6) is 5.75 Å². The summed E-state index contributed by atoms with van der Waals surface area (Å²) in [5.41, 5.74) is 1.46. The normalized spacial score (nSPS) is 17.4. The van der Waals surface area contributed by atoms with Gasteiger partial charge in [-0.1, -0.05) is 36.4 Å². The van der Waals surface area contributed by atoms with Gasteiger partial charge in [-0.15, -0.1) is 0 Å². The molecular weight excluding hydrogens is 353 g/mol. The second-order valence-electron chi connectivity index (χ2n) is 8.32. The topological polar surface area (TPSA) is 48.0 Å². The summed E-state index contributed by atoms with van der Waals surface area (Å²) < 4.78 is 18.2. The average molecular weight is 381 g/mol. The molecule has 0 radical (unpaired) electrons. The van der Waals surface area contributed by atoms with E-state index in [9.17, 15) is 4.79 Å². The maximum atomic E-state index is 12.8. The van der Waals surface area contributed by atoms with Crippen LogP contribution in [0.1, 0.15) is 43.6 Å². The highest BCUT2D eigenvalue weighted by molar-refractivity contribution is 6.62. The molecule has 1 amide bonds. The molecule has 0 saturated carbocycles. The second-order valence-corrected chi connectivity index (χ2v) is 8.32. The number of amides is 1. The highest BCUT2D eigenvalue weighted by Crippen LogP contribution is 2.36. The molecular formula is C22H28BNO4. The smallest absolute Gasteiger partial charge is 0.488 e. The minimum atomic E-state index is -0.526. The third-order valence-corrected chi connectivity index (χ3v) is 5.40. The van der Waals surface area contributed by atoms with Crippen molar-refractivity contribution in [1.29, 1.82) is 0 Å². The Morgan fingerprint density at radius 3 is 2.18 bits per heavy atom. The van der Waals surface area contributed by atoms with Gasteiger partial charge in [-0.2, -0.15) is 0 Å². The van der Waals surface area contributed by atoms with Gasteiger partial charge in [0.15, 0.2) is 0 Å². The Labute approximate surface area is 167 Å². The van der Waals surface area contributed by atoms with Crippen molar-refractivity contribution in [3.8, 4) is 5.75 Å². The number of hydrogen-bond acceptors (Lipinski definition) is 4. The molecule has 1 aliphatic rings. The summed E-state index contributed by atoms with van der Waals surface area (Å²) in [7, 11) is 2.93. The van der Waals surface area contributed by atoms with Gasteiger partial charge in [0.05, 0.1) is 16.8 Å². The molecule has 1 saturated heterocycles. The zero-order valence-electron chi connectivity index (χ0n) is 17.5. The number of carbonyl (C=O) groups excluding carboxylic acids is 1. The van der Waals surface area contributed by atoms with E-state index in [1.54, 1.807) is 19.0 Å². The van der Waals surface area contributed by atoms with Gasteiger partial charge >= 0.3 is 7.12 Å². The van der Waals surface area contributed by atoms with Gasteiger partial charge in [-0.3, -0.25) is 4.79 Å². The molecule has 0 N–H and O–H groups in total. The van der Waals surface area contributed by atoms with E-state index in [0.717, 1.165) is 11.0 Å². The zero-order valence-corrected chi connectivity index (χ0v) is 17.5. The summed E-state index contributed by atoms with van der Waals surface area (Å²) in [5, 5.41) is 0. The first-order valence-electron chi connectivity index (χ1n) is 9.49. The Morgan fingerprint density at radius 2 is 1.61 bits per heavy atom. The van der Waals surface area contributed by atoms with Crippen LogP contribution in [-0.4, -0.2) is 43.2 Å². The molecule has 2 aromatic rings. The molecule has 1 fully saturated rings. The minimum Gasteiger partial charge on any atom is -0.488 e. The molecule has 3 rings (SSSR count). The van der Waals surface area contributed by atoms with E-state index < -0.39 is 18.3 Å². The van der Waals surface area contributed by atoms with Crippen molar-refractivity contribution >= 4 is 18.5 Å². The third-order valence-electron chi connectivity index (χ3n) is 5.40. The van der Waals surface area contributed by atoms with Gasteiger partial charge in [0.1, 0.15) is 12.4 Å². The number of carbonyl (C=O) groups is 1. The van der Waals surface area contributed by atoms with E-state index in [0.29, 0.717) is 17.9 Å². The van der Waals surface area contributed by atoms with Crippen LogP contribution in [0.2, 0.25) is 0 Å². The van der Waals surface area contributed by atoms with E-state index in [4.69, 9.17) is 14.0 Å². The number of benzene rings is 2. The van der Waals surface area contributed by atoms with Gasteiger partial charge in [0.25, 0.3) is 5.91 Å². The fourth-order valence-corrected chi connectivity index (χ4v) is 2.94. The summed E-state index contributed by atoms with van der Waals surface area (Å²) in [4.78, 5) is 14.3. The summed E-state index contributed by atoms with van der Waals surface area (Å²) in [6, 6.07) is 15.4. The summed E-state index contributed by atoms with van der Waals surface area (Å²) in [6.07, 6.45) is 0. The van der Waals surface area contributed by atoms with E-state index in [-0.39, 0.29) is 5.91 Å². The van der Waals surface area contributed by atoms with Crippen LogP contribution < -0.4 is 10.2 Å². The fourth-order valence-electron chi connectivity index (χ4n) is 2.94. The summed E-state index contributed by atoms with van der Waals surface area (Å²) >= 11 is 0. The number of hydrogen-bond donors (Lipinski definition) is 0. The van der Waals surface area contributed by atoms with Gasteiger partial charge in [-0.25, -0.2) is 0 Å². The molecule has 28 heavy (non-hydrogen) atoms. The largest absolute Gasteiger partial charge is 0.494 e. The molecule has 0 aromatic heterocycles. The van der Waals surface area contributed by atoms with Crippen LogP contribution in [0, 0.1) is 0 Å². The SMILES string of the molecule is CN(C)C(=O)c1cc(B2OC(C)(C)C(C)(C)O2)ccc1OCc1ccccc1. The van der Waals surface area contributed by atoms with Crippen molar-refractivity contribution in [2.24, 2.45) is 0 Å². The lowest BCUT2D eigenvalue weighted by Crippen LogP contribution is -2.41. The van der Waals surface area contributed by atoms with Crippen molar-refractivity contribution in [3.63, 3.8) is 0 Å². The maximum absolute atomic E-state index is 12.8. The quantitative estimate of drug-likeness (QED) is 0.746. The molecule has 1 heterocycles. The lowest BCUT2D eigenvalue weighted by Gasteiger charge is -2.32. The van der Waals surface area contributed by atoms with E-state index in [1.165, 1.54) is 0 Å². The second kappa shape index (κ2) is 7.61. The molecule has 0 atom stereocenters. The first-order valence-corrected chi connectivity index (χ1v) is 9.49. The number of ether oxygens (including phenoxy) is 1. The molecule has 2 aromatic carbocycles. The molecule has 1 aliphatic heterocycles. The van der Waals surface area contributed by atoms with E-state index in [2.05, 4.69) is 0 Å². The Balaban J connectivity index is 1.89. The first kappa shape index (κ1) is 20.4. The van der Waals surface area contributed by atoms with Crippen molar-refractivity contribution in [2.75, 3.05) is 14.1 Å². The first-order chi connectivity index (χ1) is 13.1. The predicted octanol–water partition coefficient (Wildman–Crippen LogP) is 3.27. The summed E-state index contributed by atoms with van der Waals surface area (Å²) in [6.45, 7) is 8.43. The molecule has 148 valence electrons. The Bertz CT molecular complexity index is 833. The molecule has 0 aliphatic carbocycles. The zero-order chi connectivity index (χ0) is 20.5. The Hall–Kier alpha value is -2.31. The van der Waals surface area contributed by atoms with Crippen molar-refractivity contribution in [1.82, 2.24) is 4.90 Å². The van der Waals surface area contributed by atoms with Gasteiger partial charge in [0, 0.05) is 14.1 Å². The van der Waals surface area contributed by atoms with Crippen LogP contribution in [0.15, 0.2) is 48.5 Å². The van der Waals surface area contributed by atoms with E-state index in [1.807, 2.05) is 76.2 Å². The van der Waals surface area contributed by atoms with Gasteiger partial charge < -0.3 is 18.9 Å². The monoisotopic (exact) mass is 381 g/mol. The average Bonchev–Trinajstić information content (AvgIpc) is 2.87. The van der Waals surface area contributed by atoms with Crippen molar-refractivity contribution in [3.05, 3.63) is 59.7 Å².